The first-order valence-electron chi connectivity index (χ1n) is 30.5. The molecule has 0 rings (SSSR count). The van der Waals surface area contributed by atoms with Crippen molar-refractivity contribution in [3.63, 3.8) is 0 Å². The average Bonchev–Trinajstić information content (AvgIpc) is 3.40. The second-order valence-electron chi connectivity index (χ2n) is 19.9. The first-order valence-corrected chi connectivity index (χ1v) is 30.5. The zero-order valence-electron chi connectivity index (χ0n) is 48.1. The van der Waals surface area contributed by atoms with Gasteiger partial charge in [-0.3, -0.25) is 14.4 Å². The maximum Gasteiger partial charge on any atom is 0.306 e. The molecule has 0 aromatic rings. The third-order valence-electron chi connectivity index (χ3n) is 12.7. The van der Waals surface area contributed by atoms with Gasteiger partial charge in [0, 0.05) is 19.3 Å². The first kappa shape index (κ1) is 69.8. The van der Waals surface area contributed by atoms with Crippen molar-refractivity contribution in [1.82, 2.24) is 0 Å². The van der Waals surface area contributed by atoms with Crippen LogP contribution in [0.3, 0.4) is 0 Å². The minimum Gasteiger partial charge on any atom is -0.462 e. The van der Waals surface area contributed by atoms with Crippen molar-refractivity contribution < 1.29 is 28.6 Å². The molecule has 0 amide bonds. The van der Waals surface area contributed by atoms with Crippen molar-refractivity contribution in [2.24, 2.45) is 0 Å². The lowest BCUT2D eigenvalue weighted by molar-refractivity contribution is -0.167. The van der Waals surface area contributed by atoms with Gasteiger partial charge < -0.3 is 14.2 Å². The topological polar surface area (TPSA) is 78.9 Å². The quantitative estimate of drug-likeness (QED) is 0.0261. The summed E-state index contributed by atoms with van der Waals surface area (Å²) in [5.74, 6) is -0.960. The smallest absolute Gasteiger partial charge is 0.306 e. The fraction of sp³-hybridized carbons (Fsp3) is 0.662. The van der Waals surface area contributed by atoms with Gasteiger partial charge in [0.1, 0.15) is 13.2 Å². The highest BCUT2D eigenvalue weighted by Gasteiger charge is 2.19. The normalized spacial score (nSPS) is 13.0. The van der Waals surface area contributed by atoms with E-state index in [1.807, 2.05) is 0 Å². The molecule has 0 N–H and O–H groups in total. The maximum atomic E-state index is 12.8. The van der Waals surface area contributed by atoms with E-state index in [1.165, 1.54) is 116 Å². The zero-order valence-corrected chi connectivity index (χ0v) is 48.1. The SMILES string of the molecule is CC/C=C\C/C=C\C/C=C\C/C=C\C/C=C\CCCCCCCCCCCCCCCC(=O)OCC(COC(=O)CCCCCCCCCCCC)OC(=O)CCC/C=C\C/C=C\C/C=C\C/C=C\C/C=C\CC. The Balaban J connectivity index is 4.27. The number of hydrogen-bond donors (Lipinski definition) is 0. The standard InChI is InChI=1S/C68H112O6/c1-4-7-10-13-16-19-22-24-26-28-29-30-31-32-33-34-35-36-37-38-39-41-42-44-46-49-52-55-58-61-67(70)73-64-65(63-72-66(69)60-57-54-51-48-21-18-15-12-9-6-3)74-68(71)62-59-56-53-50-47-45-43-40-27-25-23-20-17-14-11-8-5-2/h7-8,10-11,16-17,19-20,24-27,29-30,32-33,43,45,50,53,65H,4-6,9,12-15,18,21-23,28,31,34-42,44,46-49,51-52,54-64H2,1-3H3/b10-7-,11-8-,19-16-,20-17-,26-24-,27-25-,30-29-,33-32-,45-43-,53-50-. The molecule has 0 saturated carbocycles. The highest BCUT2D eigenvalue weighted by Crippen LogP contribution is 2.15. The number of carbonyl (C=O) groups excluding carboxylic acids is 3. The van der Waals surface area contributed by atoms with Crippen LogP contribution in [0.25, 0.3) is 0 Å². The molecule has 0 saturated heterocycles. The van der Waals surface area contributed by atoms with Crippen molar-refractivity contribution in [3.8, 4) is 0 Å². The maximum absolute atomic E-state index is 12.8. The molecule has 0 aromatic carbocycles. The molecule has 0 aromatic heterocycles. The predicted molar refractivity (Wildman–Crippen MR) is 320 cm³/mol. The van der Waals surface area contributed by atoms with E-state index >= 15 is 0 Å². The molecule has 1 atom stereocenters. The Kier molecular flexibility index (Phi) is 57.9. The highest BCUT2D eigenvalue weighted by atomic mass is 16.6. The molecule has 0 fully saturated rings. The van der Waals surface area contributed by atoms with Crippen molar-refractivity contribution >= 4 is 17.9 Å². The Morgan fingerprint density at radius 1 is 0.284 bits per heavy atom. The van der Waals surface area contributed by atoms with E-state index in [-0.39, 0.29) is 37.5 Å². The third-order valence-corrected chi connectivity index (χ3v) is 12.7. The molecular weight excluding hydrogens is 913 g/mol. The molecule has 0 aliphatic heterocycles. The number of esters is 3. The van der Waals surface area contributed by atoms with Gasteiger partial charge in [-0.25, -0.2) is 0 Å². The molecule has 6 nitrogen and oxygen atoms in total. The number of carbonyl (C=O) groups is 3. The van der Waals surface area contributed by atoms with Crippen LogP contribution in [0.15, 0.2) is 122 Å². The van der Waals surface area contributed by atoms with Crippen molar-refractivity contribution in [1.29, 1.82) is 0 Å². The fourth-order valence-electron chi connectivity index (χ4n) is 8.21. The van der Waals surface area contributed by atoms with Crippen molar-refractivity contribution in [2.75, 3.05) is 13.2 Å². The fourth-order valence-corrected chi connectivity index (χ4v) is 8.21. The number of hydrogen-bond acceptors (Lipinski definition) is 6. The van der Waals surface area contributed by atoms with Crippen LogP contribution in [0.4, 0.5) is 0 Å². The number of unbranched alkanes of at least 4 members (excludes halogenated alkanes) is 23. The molecule has 6 heteroatoms. The summed E-state index contributed by atoms with van der Waals surface area (Å²) in [5.41, 5.74) is 0. The van der Waals surface area contributed by atoms with Crippen LogP contribution in [0.5, 0.6) is 0 Å². The zero-order chi connectivity index (χ0) is 53.6. The summed E-state index contributed by atoms with van der Waals surface area (Å²) in [5, 5.41) is 0. The molecule has 0 aliphatic carbocycles. The third kappa shape index (κ3) is 58.7. The Labute approximate surface area is 456 Å². The van der Waals surface area contributed by atoms with Crippen LogP contribution in [-0.2, 0) is 28.6 Å². The number of ether oxygens (including phenoxy) is 3. The summed E-state index contributed by atoms with van der Waals surface area (Å²) in [4.78, 5) is 38.1. The van der Waals surface area contributed by atoms with Crippen LogP contribution >= 0.6 is 0 Å². The van der Waals surface area contributed by atoms with Gasteiger partial charge in [0.15, 0.2) is 6.10 Å². The largest absolute Gasteiger partial charge is 0.462 e. The first-order chi connectivity index (χ1) is 36.5. The van der Waals surface area contributed by atoms with E-state index < -0.39 is 6.10 Å². The monoisotopic (exact) mass is 1020 g/mol. The average molecular weight is 1030 g/mol. The lowest BCUT2D eigenvalue weighted by Crippen LogP contribution is -2.30. The molecule has 0 aliphatic rings. The van der Waals surface area contributed by atoms with Crippen LogP contribution in [0.1, 0.15) is 271 Å². The molecular formula is C68H112O6. The Bertz CT molecular complexity index is 1550. The van der Waals surface area contributed by atoms with Gasteiger partial charge in [-0.15, -0.1) is 0 Å². The second-order valence-corrected chi connectivity index (χ2v) is 19.9. The van der Waals surface area contributed by atoms with Crippen LogP contribution in [0, 0.1) is 0 Å². The minimum atomic E-state index is -0.808. The van der Waals surface area contributed by atoms with E-state index in [9.17, 15) is 14.4 Å². The summed E-state index contributed by atoms with van der Waals surface area (Å²) in [6, 6.07) is 0. The van der Waals surface area contributed by atoms with Gasteiger partial charge >= 0.3 is 17.9 Å². The van der Waals surface area contributed by atoms with Crippen LogP contribution < -0.4 is 0 Å². The lowest BCUT2D eigenvalue weighted by atomic mass is 10.0. The van der Waals surface area contributed by atoms with Crippen LogP contribution in [0.2, 0.25) is 0 Å². The summed E-state index contributed by atoms with van der Waals surface area (Å²) >= 11 is 0. The Morgan fingerprint density at radius 2 is 0.541 bits per heavy atom. The van der Waals surface area contributed by atoms with E-state index in [0.29, 0.717) is 19.3 Å². The van der Waals surface area contributed by atoms with Gasteiger partial charge in [-0.1, -0.05) is 271 Å². The van der Waals surface area contributed by atoms with Gasteiger partial charge in [0.25, 0.3) is 0 Å². The molecule has 74 heavy (non-hydrogen) atoms. The summed E-state index contributed by atoms with van der Waals surface area (Å²) in [7, 11) is 0. The predicted octanol–water partition coefficient (Wildman–Crippen LogP) is 20.8. The molecule has 0 spiro atoms. The molecule has 420 valence electrons. The van der Waals surface area contributed by atoms with E-state index in [0.717, 1.165) is 109 Å². The van der Waals surface area contributed by atoms with Crippen LogP contribution in [-0.4, -0.2) is 37.2 Å². The molecule has 0 radical (unpaired) electrons. The van der Waals surface area contributed by atoms with Gasteiger partial charge in [-0.2, -0.15) is 0 Å². The van der Waals surface area contributed by atoms with Crippen molar-refractivity contribution in [2.45, 2.75) is 277 Å². The Morgan fingerprint density at radius 3 is 0.865 bits per heavy atom. The highest BCUT2D eigenvalue weighted by molar-refractivity contribution is 5.71. The minimum absolute atomic E-state index is 0.100. The summed E-state index contributed by atoms with van der Waals surface area (Å²) in [6.45, 7) is 6.36. The number of allylic oxidation sites excluding steroid dienone is 20. The second kappa shape index (κ2) is 61.4. The van der Waals surface area contributed by atoms with Gasteiger partial charge in [-0.05, 0) is 103 Å². The molecule has 1 unspecified atom stereocenters. The molecule has 0 bridgehead atoms. The summed E-state index contributed by atoms with van der Waals surface area (Å²) in [6.07, 6.45) is 85.0. The Hall–Kier alpha value is -4.19. The van der Waals surface area contributed by atoms with E-state index in [2.05, 4.69) is 142 Å². The molecule has 0 heterocycles. The van der Waals surface area contributed by atoms with Gasteiger partial charge in [0.05, 0.1) is 0 Å². The van der Waals surface area contributed by atoms with E-state index in [1.54, 1.807) is 0 Å². The summed E-state index contributed by atoms with van der Waals surface area (Å²) < 4.78 is 16.8. The lowest BCUT2D eigenvalue weighted by Gasteiger charge is -2.18. The van der Waals surface area contributed by atoms with E-state index in [4.69, 9.17) is 14.2 Å². The van der Waals surface area contributed by atoms with Crippen molar-refractivity contribution in [3.05, 3.63) is 122 Å². The number of rotatable bonds is 54. The van der Waals surface area contributed by atoms with Gasteiger partial charge in [0.2, 0.25) is 0 Å².